The van der Waals surface area contributed by atoms with E-state index in [0.29, 0.717) is 39.9 Å². The molecule has 0 bridgehead atoms. The molecule has 0 saturated carbocycles. The number of nitriles is 1. The Labute approximate surface area is 181 Å². The first-order valence-corrected chi connectivity index (χ1v) is 10.2. The molecule has 9 heteroatoms. The van der Waals surface area contributed by atoms with E-state index in [1.807, 2.05) is 30.3 Å². The lowest BCUT2D eigenvalue weighted by Crippen LogP contribution is -2.13. The molecule has 7 nitrogen and oxygen atoms in total. The number of thiazole rings is 1. The normalized spacial score (nSPS) is 10.6. The van der Waals surface area contributed by atoms with E-state index in [-0.39, 0.29) is 11.1 Å². The second-order valence-electron chi connectivity index (χ2n) is 6.40. The maximum atomic E-state index is 12.8. The fraction of sp³-hybridized carbons (Fsp3) is 0.0952. The van der Waals surface area contributed by atoms with Gasteiger partial charge in [-0.25, -0.2) is 9.67 Å². The molecular weight excluding hydrogens is 420 g/mol. The molecule has 0 saturated heterocycles. The Morgan fingerprint density at radius 1 is 1.27 bits per heavy atom. The Balaban J connectivity index is 1.55. The third-order valence-corrected chi connectivity index (χ3v) is 5.50. The van der Waals surface area contributed by atoms with E-state index in [1.54, 1.807) is 35.3 Å². The van der Waals surface area contributed by atoms with Crippen LogP contribution in [0, 0.1) is 18.3 Å². The summed E-state index contributed by atoms with van der Waals surface area (Å²) in [5.74, 6) is -0.390. The van der Waals surface area contributed by atoms with Gasteiger partial charge in [0.2, 0.25) is 0 Å². The topological polar surface area (TPSA) is 96.5 Å². The van der Waals surface area contributed by atoms with Gasteiger partial charge in [-0.1, -0.05) is 41.9 Å². The molecule has 0 unspecified atom stereocenters. The number of rotatable bonds is 5. The van der Waals surface area contributed by atoms with Gasteiger partial charge in [0.25, 0.3) is 5.91 Å². The molecule has 0 aliphatic carbocycles. The van der Waals surface area contributed by atoms with Crippen LogP contribution in [0.25, 0.3) is 11.4 Å². The average Bonchev–Trinajstić information content (AvgIpc) is 3.32. The van der Waals surface area contributed by atoms with Crippen LogP contribution in [-0.4, -0.2) is 25.7 Å². The molecule has 3 heterocycles. The van der Waals surface area contributed by atoms with E-state index in [1.165, 1.54) is 11.3 Å². The zero-order valence-electron chi connectivity index (χ0n) is 15.8. The number of halogens is 1. The van der Waals surface area contributed by atoms with Crippen molar-refractivity contribution in [2.45, 2.75) is 13.5 Å². The van der Waals surface area contributed by atoms with Crippen LogP contribution in [-0.2, 0) is 6.54 Å². The van der Waals surface area contributed by atoms with Gasteiger partial charge in [0.1, 0.15) is 22.6 Å². The van der Waals surface area contributed by atoms with E-state index in [2.05, 4.69) is 26.5 Å². The SMILES string of the molecule is Cc1nn(Cc2ccccc2)c(Cl)c1C(=O)Nc1nc(-c2ncccc2C#N)cs1. The van der Waals surface area contributed by atoms with Gasteiger partial charge in [-0.15, -0.1) is 11.3 Å². The Hall–Kier alpha value is -3.54. The van der Waals surface area contributed by atoms with Gasteiger partial charge < -0.3 is 0 Å². The number of carbonyl (C=O) groups excluding carboxylic acids is 1. The zero-order chi connectivity index (χ0) is 21.1. The molecule has 0 spiro atoms. The quantitative estimate of drug-likeness (QED) is 0.497. The predicted molar refractivity (Wildman–Crippen MR) is 116 cm³/mol. The van der Waals surface area contributed by atoms with E-state index < -0.39 is 0 Å². The Bertz CT molecular complexity index is 1260. The minimum Gasteiger partial charge on any atom is -0.298 e. The van der Waals surface area contributed by atoms with Crippen molar-refractivity contribution in [1.29, 1.82) is 5.26 Å². The second-order valence-corrected chi connectivity index (χ2v) is 7.61. The molecule has 0 aliphatic heterocycles. The number of benzene rings is 1. The first kappa shape index (κ1) is 19.8. The molecule has 1 aromatic carbocycles. The highest BCUT2D eigenvalue weighted by atomic mass is 35.5. The first-order valence-electron chi connectivity index (χ1n) is 8.96. The van der Waals surface area contributed by atoms with Gasteiger partial charge in [0.15, 0.2) is 5.13 Å². The molecule has 4 rings (SSSR count). The summed E-state index contributed by atoms with van der Waals surface area (Å²) < 4.78 is 1.60. The molecule has 0 aliphatic rings. The van der Waals surface area contributed by atoms with Crippen LogP contribution in [0.1, 0.15) is 27.2 Å². The fourth-order valence-corrected chi connectivity index (χ4v) is 3.98. The van der Waals surface area contributed by atoms with Gasteiger partial charge in [0.05, 0.1) is 23.4 Å². The molecule has 0 radical (unpaired) electrons. The van der Waals surface area contributed by atoms with Crippen molar-refractivity contribution in [2.24, 2.45) is 0 Å². The number of anilines is 1. The Morgan fingerprint density at radius 3 is 2.83 bits per heavy atom. The summed E-state index contributed by atoms with van der Waals surface area (Å²) in [7, 11) is 0. The first-order chi connectivity index (χ1) is 14.6. The standard InChI is InChI=1S/C21H15ClN6OS/c1-13-17(19(22)28(27-13)11-14-6-3-2-4-7-14)20(29)26-21-25-16(12-30-21)18-15(10-23)8-5-9-24-18/h2-9,12H,11H2,1H3,(H,25,26,29). The Morgan fingerprint density at radius 2 is 2.07 bits per heavy atom. The maximum Gasteiger partial charge on any atom is 0.262 e. The number of amides is 1. The summed E-state index contributed by atoms with van der Waals surface area (Å²) in [6.45, 7) is 2.20. The summed E-state index contributed by atoms with van der Waals surface area (Å²) in [4.78, 5) is 21.4. The number of hydrogen-bond acceptors (Lipinski definition) is 6. The Kier molecular flexibility index (Phi) is 5.57. The summed E-state index contributed by atoms with van der Waals surface area (Å²) in [6.07, 6.45) is 1.60. The van der Waals surface area contributed by atoms with Gasteiger partial charge >= 0.3 is 0 Å². The number of nitrogens with zero attached hydrogens (tertiary/aromatic N) is 5. The minimum absolute atomic E-state index is 0.266. The van der Waals surface area contributed by atoms with Gasteiger partial charge in [-0.05, 0) is 24.6 Å². The van der Waals surface area contributed by atoms with Crippen LogP contribution in [0.5, 0.6) is 0 Å². The van der Waals surface area contributed by atoms with Crippen LogP contribution < -0.4 is 5.32 Å². The average molecular weight is 435 g/mol. The number of nitrogens with one attached hydrogen (secondary N) is 1. The van der Waals surface area contributed by atoms with Crippen LogP contribution in [0.3, 0.4) is 0 Å². The van der Waals surface area contributed by atoms with Gasteiger partial charge in [0, 0.05) is 11.6 Å². The molecular formula is C21H15ClN6OS. The second kappa shape index (κ2) is 8.45. The lowest BCUT2D eigenvalue weighted by atomic mass is 10.2. The fourth-order valence-electron chi connectivity index (χ4n) is 2.97. The lowest BCUT2D eigenvalue weighted by Gasteiger charge is -2.04. The van der Waals surface area contributed by atoms with Crippen molar-refractivity contribution in [3.63, 3.8) is 0 Å². The number of carbonyl (C=O) groups is 1. The van der Waals surface area contributed by atoms with Crippen LogP contribution in [0.2, 0.25) is 5.15 Å². The van der Waals surface area contributed by atoms with E-state index in [9.17, 15) is 10.1 Å². The highest BCUT2D eigenvalue weighted by Gasteiger charge is 2.22. The number of hydrogen-bond donors (Lipinski definition) is 1. The molecule has 3 aromatic heterocycles. The third kappa shape index (κ3) is 3.94. The molecule has 0 atom stereocenters. The van der Waals surface area contributed by atoms with Crippen LogP contribution in [0.15, 0.2) is 54.0 Å². The van der Waals surface area contributed by atoms with E-state index in [4.69, 9.17) is 11.6 Å². The van der Waals surface area contributed by atoms with Crippen molar-refractivity contribution < 1.29 is 4.79 Å². The molecule has 1 N–H and O–H groups in total. The van der Waals surface area contributed by atoms with Crippen molar-refractivity contribution in [1.82, 2.24) is 19.7 Å². The number of aromatic nitrogens is 4. The minimum atomic E-state index is -0.390. The van der Waals surface area contributed by atoms with Crippen molar-refractivity contribution in [3.8, 4) is 17.5 Å². The van der Waals surface area contributed by atoms with Gasteiger partial charge in [-0.2, -0.15) is 10.4 Å². The maximum absolute atomic E-state index is 12.8. The largest absolute Gasteiger partial charge is 0.298 e. The summed E-state index contributed by atoms with van der Waals surface area (Å²) in [5, 5.41) is 18.8. The number of aryl methyl sites for hydroxylation is 1. The molecule has 30 heavy (non-hydrogen) atoms. The highest BCUT2D eigenvalue weighted by molar-refractivity contribution is 7.14. The molecule has 1 amide bonds. The predicted octanol–water partition coefficient (Wildman–Crippen LogP) is 4.54. The summed E-state index contributed by atoms with van der Waals surface area (Å²) in [5.41, 5.74) is 3.28. The monoisotopic (exact) mass is 434 g/mol. The zero-order valence-corrected chi connectivity index (χ0v) is 17.4. The van der Waals surface area contributed by atoms with Crippen LogP contribution in [0.4, 0.5) is 5.13 Å². The number of pyridine rings is 1. The van der Waals surface area contributed by atoms with Crippen molar-refractivity contribution in [3.05, 3.63) is 81.6 Å². The van der Waals surface area contributed by atoms with Gasteiger partial charge in [-0.3, -0.25) is 15.1 Å². The summed E-state index contributed by atoms with van der Waals surface area (Å²) in [6, 6.07) is 15.2. The third-order valence-electron chi connectivity index (χ3n) is 4.36. The molecule has 148 valence electrons. The highest BCUT2D eigenvalue weighted by Crippen LogP contribution is 2.27. The molecule has 0 fully saturated rings. The van der Waals surface area contributed by atoms with Crippen molar-refractivity contribution in [2.75, 3.05) is 5.32 Å². The lowest BCUT2D eigenvalue weighted by molar-refractivity contribution is 0.102. The summed E-state index contributed by atoms with van der Waals surface area (Å²) >= 11 is 7.70. The van der Waals surface area contributed by atoms with E-state index >= 15 is 0 Å². The van der Waals surface area contributed by atoms with E-state index in [0.717, 1.165) is 5.56 Å². The van der Waals surface area contributed by atoms with Crippen LogP contribution >= 0.6 is 22.9 Å². The molecule has 4 aromatic rings. The van der Waals surface area contributed by atoms with Crippen molar-refractivity contribution >= 4 is 34.0 Å². The smallest absolute Gasteiger partial charge is 0.262 e.